The summed E-state index contributed by atoms with van der Waals surface area (Å²) in [6.07, 6.45) is 1.60. The largest absolute Gasteiger partial charge is 0.492 e. The van der Waals surface area contributed by atoms with Crippen molar-refractivity contribution in [1.82, 2.24) is 9.36 Å². The maximum absolute atomic E-state index is 12.5. The molecule has 0 unspecified atom stereocenters. The van der Waals surface area contributed by atoms with Gasteiger partial charge < -0.3 is 10.5 Å². The van der Waals surface area contributed by atoms with E-state index in [0.29, 0.717) is 23.9 Å². The van der Waals surface area contributed by atoms with Crippen LogP contribution >= 0.6 is 11.5 Å². The molecule has 1 aliphatic rings. The number of nitrogens with one attached hydrogen (secondary N) is 1. The van der Waals surface area contributed by atoms with Gasteiger partial charge in [-0.05, 0) is 37.5 Å². The second-order valence-electron chi connectivity index (χ2n) is 4.71. The van der Waals surface area contributed by atoms with Crippen LogP contribution in [0.4, 0.5) is 10.8 Å². The predicted octanol–water partition coefficient (Wildman–Crippen LogP) is 1.55. The quantitative estimate of drug-likeness (QED) is 0.829. The summed E-state index contributed by atoms with van der Waals surface area (Å²) in [4.78, 5) is 4.05. The molecule has 2 aromatic rings. The highest BCUT2D eigenvalue weighted by molar-refractivity contribution is 7.93. The van der Waals surface area contributed by atoms with Gasteiger partial charge >= 0.3 is 0 Å². The molecule has 3 rings (SSSR count). The summed E-state index contributed by atoms with van der Waals surface area (Å²) in [5.41, 5.74) is 7.01. The van der Waals surface area contributed by atoms with E-state index >= 15 is 0 Å². The van der Waals surface area contributed by atoms with Crippen molar-refractivity contribution < 1.29 is 13.2 Å². The van der Waals surface area contributed by atoms with Gasteiger partial charge in [0.2, 0.25) is 5.13 Å². The number of nitrogens with zero attached hydrogens (tertiary/aromatic N) is 2. The van der Waals surface area contributed by atoms with Crippen LogP contribution in [0.2, 0.25) is 0 Å². The number of aromatic nitrogens is 2. The minimum atomic E-state index is -3.81. The van der Waals surface area contributed by atoms with Crippen molar-refractivity contribution >= 4 is 32.4 Å². The first kappa shape index (κ1) is 14.1. The van der Waals surface area contributed by atoms with Crippen LogP contribution in [0.1, 0.15) is 17.8 Å². The van der Waals surface area contributed by atoms with E-state index in [9.17, 15) is 8.42 Å². The number of ether oxygens (including phenoxy) is 1. The smallest absolute Gasteiger partial charge is 0.267 e. The Morgan fingerprint density at radius 3 is 2.95 bits per heavy atom. The third-order valence-electron chi connectivity index (χ3n) is 3.03. The molecule has 0 spiro atoms. The van der Waals surface area contributed by atoms with E-state index in [0.717, 1.165) is 29.9 Å². The van der Waals surface area contributed by atoms with Gasteiger partial charge in [0, 0.05) is 17.2 Å². The van der Waals surface area contributed by atoms with Crippen LogP contribution in [0.5, 0.6) is 5.75 Å². The molecular formula is C12H14N4O3S2. The van der Waals surface area contributed by atoms with E-state index in [1.54, 1.807) is 13.0 Å². The van der Waals surface area contributed by atoms with Crippen molar-refractivity contribution in [3.63, 3.8) is 0 Å². The van der Waals surface area contributed by atoms with Gasteiger partial charge in [-0.15, -0.1) is 0 Å². The van der Waals surface area contributed by atoms with Gasteiger partial charge in [0.1, 0.15) is 16.5 Å². The lowest BCUT2D eigenvalue weighted by atomic mass is 10.1. The second kappa shape index (κ2) is 5.15. The number of aryl methyl sites for hydroxylation is 2. The SMILES string of the molecule is Cc1nsc(NS(=O)(=O)c2cc(N)cc3c2OCCC3)n1. The summed E-state index contributed by atoms with van der Waals surface area (Å²) in [6.45, 7) is 2.19. The molecular weight excluding hydrogens is 312 g/mol. The van der Waals surface area contributed by atoms with Crippen LogP contribution in [0.15, 0.2) is 17.0 Å². The lowest BCUT2D eigenvalue weighted by molar-refractivity contribution is 0.280. The molecule has 0 radical (unpaired) electrons. The monoisotopic (exact) mass is 326 g/mol. The molecule has 21 heavy (non-hydrogen) atoms. The zero-order valence-electron chi connectivity index (χ0n) is 11.3. The topological polar surface area (TPSA) is 107 Å². The van der Waals surface area contributed by atoms with Gasteiger partial charge in [-0.25, -0.2) is 13.4 Å². The first-order chi connectivity index (χ1) is 9.95. The first-order valence-electron chi connectivity index (χ1n) is 6.34. The second-order valence-corrected chi connectivity index (χ2v) is 7.11. The molecule has 0 atom stereocenters. The number of hydrogen-bond donors (Lipinski definition) is 2. The first-order valence-corrected chi connectivity index (χ1v) is 8.60. The summed E-state index contributed by atoms with van der Waals surface area (Å²) in [5.74, 6) is 0.896. The molecule has 0 saturated heterocycles. The Morgan fingerprint density at radius 2 is 2.24 bits per heavy atom. The van der Waals surface area contributed by atoms with Gasteiger partial charge in [-0.3, -0.25) is 4.72 Å². The number of nitrogens with two attached hydrogens (primary N) is 1. The lowest BCUT2D eigenvalue weighted by Gasteiger charge is -2.21. The minimum Gasteiger partial charge on any atom is -0.492 e. The number of hydrogen-bond acceptors (Lipinski definition) is 7. The summed E-state index contributed by atoms with van der Waals surface area (Å²) < 4.78 is 36.9. The Bertz CT molecular complexity index is 786. The minimum absolute atomic E-state index is 0.0463. The van der Waals surface area contributed by atoms with E-state index in [1.165, 1.54) is 6.07 Å². The van der Waals surface area contributed by atoms with Gasteiger partial charge in [-0.2, -0.15) is 4.37 Å². The molecule has 112 valence electrons. The molecule has 0 amide bonds. The number of anilines is 2. The van der Waals surface area contributed by atoms with Crippen molar-refractivity contribution in [2.45, 2.75) is 24.7 Å². The molecule has 1 aromatic carbocycles. The highest BCUT2D eigenvalue weighted by Gasteiger charge is 2.26. The fourth-order valence-electron chi connectivity index (χ4n) is 2.18. The van der Waals surface area contributed by atoms with Gasteiger partial charge in [0.15, 0.2) is 0 Å². The zero-order chi connectivity index (χ0) is 15.0. The van der Waals surface area contributed by atoms with E-state index < -0.39 is 10.0 Å². The van der Waals surface area contributed by atoms with Crippen molar-refractivity contribution in [2.75, 3.05) is 17.1 Å². The van der Waals surface area contributed by atoms with Crippen molar-refractivity contribution in [3.05, 3.63) is 23.5 Å². The summed E-state index contributed by atoms with van der Waals surface area (Å²) in [7, 11) is -3.81. The van der Waals surface area contributed by atoms with Crippen molar-refractivity contribution in [2.24, 2.45) is 0 Å². The molecule has 1 aliphatic heterocycles. The summed E-state index contributed by atoms with van der Waals surface area (Å²) >= 11 is 0.989. The maximum atomic E-state index is 12.5. The van der Waals surface area contributed by atoms with E-state index in [4.69, 9.17) is 10.5 Å². The van der Waals surface area contributed by atoms with E-state index in [2.05, 4.69) is 14.1 Å². The van der Waals surface area contributed by atoms with Crippen LogP contribution < -0.4 is 15.2 Å². The fourth-order valence-corrected chi connectivity index (χ4v) is 4.20. The van der Waals surface area contributed by atoms with Crippen molar-refractivity contribution in [3.8, 4) is 5.75 Å². The van der Waals surface area contributed by atoms with Crippen LogP contribution in [-0.2, 0) is 16.4 Å². The molecule has 0 fully saturated rings. The average molecular weight is 326 g/mol. The average Bonchev–Trinajstić information content (AvgIpc) is 2.82. The Labute approximate surface area is 126 Å². The standard InChI is InChI=1S/C12H14N4O3S2/c1-7-14-12(20-15-7)16-21(17,18)10-6-9(13)5-8-3-2-4-19-11(8)10/h5-6H,2-4,13H2,1H3,(H,14,15,16). The third-order valence-corrected chi connectivity index (χ3v) is 5.23. The number of sulfonamides is 1. The zero-order valence-corrected chi connectivity index (χ0v) is 12.9. The Hall–Kier alpha value is -1.87. The molecule has 0 aliphatic carbocycles. The lowest BCUT2D eigenvalue weighted by Crippen LogP contribution is -2.18. The van der Waals surface area contributed by atoms with Gasteiger partial charge in [0.25, 0.3) is 10.0 Å². The normalized spacial score (nSPS) is 14.3. The molecule has 7 nitrogen and oxygen atoms in total. The summed E-state index contributed by atoms with van der Waals surface area (Å²) in [6, 6.07) is 3.16. The Kier molecular flexibility index (Phi) is 3.46. The number of nitrogen functional groups attached to an aromatic ring is 1. The number of benzene rings is 1. The predicted molar refractivity (Wildman–Crippen MR) is 80.1 cm³/mol. The van der Waals surface area contributed by atoms with E-state index in [1.807, 2.05) is 0 Å². The van der Waals surface area contributed by atoms with Crippen LogP contribution in [-0.4, -0.2) is 24.4 Å². The van der Waals surface area contributed by atoms with Gasteiger partial charge in [0.05, 0.1) is 6.61 Å². The Balaban J connectivity index is 2.04. The van der Waals surface area contributed by atoms with Crippen LogP contribution in [0, 0.1) is 6.92 Å². The van der Waals surface area contributed by atoms with Gasteiger partial charge in [-0.1, -0.05) is 0 Å². The molecule has 3 N–H and O–H groups in total. The molecule has 0 bridgehead atoms. The van der Waals surface area contributed by atoms with E-state index in [-0.39, 0.29) is 10.0 Å². The highest BCUT2D eigenvalue weighted by Crippen LogP contribution is 2.35. The molecule has 0 saturated carbocycles. The van der Waals surface area contributed by atoms with Crippen LogP contribution in [0.25, 0.3) is 0 Å². The Morgan fingerprint density at radius 1 is 1.43 bits per heavy atom. The maximum Gasteiger partial charge on any atom is 0.267 e. The number of rotatable bonds is 3. The molecule has 1 aromatic heterocycles. The van der Waals surface area contributed by atoms with Crippen LogP contribution in [0.3, 0.4) is 0 Å². The van der Waals surface area contributed by atoms with Crippen molar-refractivity contribution in [1.29, 1.82) is 0 Å². The summed E-state index contributed by atoms with van der Waals surface area (Å²) in [5, 5.41) is 0.222. The fraction of sp³-hybridized carbons (Fsp3) is 0.333. The highest BCUT2D eigenvalue weighted by atomic mass is 32.2. The molecule has 2 heterocycles. The number of fused-ring (bicyclic) bond motifs is 1. The third kappa shape index (κ3) is 2.79. The molecule has 9 heteroatoms.